The Morgan fingerprint density at radius 3 is 2.71 bits per heavy atom. The van der Waals surface area contributed by atoms with Crippen molar-refractivity contribution in [2.24, 2.45) is 0 Å². The lowest BCUT2D eigenvalue weighted by Gasteiger charge is -2.07. The number of nitrogens with zero attached hydrogens (tertiary/aromatic N) is 2. The highest BCUT2D eigenvalue weighted by molar-refractivity contribution is 7.20. The van der Waals surface area contributed by atoms with Gasteiger partial charge in [0.1, 0.15) is 21.9 Å². The number of methoxy groups -OCH3 is 1. The molecule has 9 heteroatoms. The molecular weight excluding hydrogens is 354 g/mol. The maximum Gasteiger partial charge on any atom is 0.348 e. The summed E-state index contributed by atoms with van der Waals surface area (Å²) >= 11 is 1.29. The molecule has 0 atom stereocenters. The summed E-state index contributed by atoms with van der Waals surface area (Å²) in [7, 11) is 1.36. The van der Waals surface area contributed by atoms with Crippen LogP contribution in [0.4, 0.5) is 5.82 Å². The van der Waals surface area contributed by atoms with Crippen LogP contribution >= 0.6 is 23.7 Å². The standard InChI is InChI=1S/C15H19N3O4S.ClH/c1-9-11-13(16-7-5-3-4-6-10(19)20)17-8-18-14(11)23-12(9)15(21)22-2;/h8H,3-7H2,1-2H3,(H,19,20)(H,16,17,18);1H. The summed E-state index contributed by atoms with van der Waals surface area (Å²) < 4.78 is 4.79. The fraction of sp³-hybridized carbons (Fsp3) is 0.467. The fourth-order valence-corrected chi connectivity index (χ4v) is 3.34. The van der Waals surface area contributed by atoms with Crippen LogP contribution in [0.3, 0.4) is 0 Å². The van der Waals surface area contributed by atoms with Gasteiger partial charge in [0.2, 0.25) is 0 Å². The Morgan fingerprint density at radius 1 is 1.29 bits per heavy atom. The van der Waals surface area contributed by atoms with Gasteiger partial charge in [-0.2, -0.15) is 0 Å². The number of hydrogen-bond acceptors (Lipinski definition) is 7. The number of aryl methyl sites for hydroxylation is 1. The normalized spacial score (nSPS) is 10.2. The molecule has 0 aromatic carbocycles. The second-order valence-corrected chi connectivity index (χ2v) is 6.08. The van der Waals surface area contributed by atoms with Crippen molar-refractivity contribution in [1.29, 1.82) is 0 Å². The molecule has 2 heterocycles. The van der Waals surface area contributed by atoms with Gasteiger partial charge in [0.25, 0.3) is 0 Å². The number of aromatic nitrogens is 2. The molecule has 2 rings (SSSR count). The topological polar surface area (TPSA) is 101 Å². The number of carboxylic acids is 1. The monoisotopic (exact) mass is 373 g/mol. The van der Waals surface area contributed by atoms with Crippen molar-refractivity contribution in [2.45, 2.75) is 32.6 Å². The van der Waals surface area contributed by atoms with Crippen LogP contribution in [0.1, 0.15) is 40.9 Å². The van der Waals surface area contributed by atoms with E-state index in [2.05, 4.69) is 15.3 Å². The molecule has 0 radical (unpaired) electrons. The van der Waals surface area contributed by atoms with Gasteiger partial charge >= 0.3 is 11.9 Å². The van der Waals surface area contributed by atoms with E-state index in [0.29, 0.717) is 23.7 Å². The van der Waals surface area contributed by atoms with Gasteiger partial charge in [-0.15, -0.1) is 23.7 Å². The molecule has 0 aliphatic carbocycles. The minimum atomic E-state index is -0.764. The minimum Gasteiger partial charge on any atom is -0.481 e. The second-order valence-electron chi connectivity index (χ2n) is 5.08. The van der Waals surface area contributed by atoms with Gasteiger partial charge in [-0.1, -0.05) is 6.42 Å². The minimum absolute atomic E-state index is 0. The summed E-state index contributed by atoms with van der Waals surface area (Å²) in [6, 6.07) is 0. The average Bonchev–Trinajstić information content (AvgIpc) is 2.87. The maximum atomic E-state index is 11.8. The van der Waals surface area contributed by atoms with Crippen molar-refractivity contribution < 1.29 is 19.4 Å². The molecule has 2 aromatic heterocycles. The molecule has 24 heavy (non-hydrogen) atoms. The lowest BCUT2D eigenvalue weighted by atomic mass is 10.2. The van der Waals surface area contributed by atoms with Crippen LogP contribution in [0.15, 0.2) is 6.33 Å². The first kappa shape index (κ1) is 20.1. The second kappa shape index (κ2) is 9.39. The number of anilines is 1. The van der Waals surface area contributed by atoms with Gasteiger partial charge in [-0.3, -0.25) is 4.79 Å². The van der Waals surface area contributed by atoms with E-state index in [0.717, 1.165) is 28.6 Å². The van der Waals surface area contributed by atoms with Crippen molar-refractivity contribution in [2.75, 3.05) is 19.0 Å². The molecule has 0 spiro atoms. The Kier molecular flexibility index (Phi) is 7.87. The highest BCUT2D eigenvalue weighted by Gasteiger charge is 2.19. The number of nitrogens with one attached hydrogen (secondary N) is 1. The highest BCUT2D eigenvalue weighted by Crippen LogP contribution is 2.33. The number of esters is 1. The number of carbonyl (C=O) groups is 2. The first-order valence-corrected chi connectivity index (χ1v) is 8.14. The lowest BCUT2D eigenvalue weighted by molar-refractivity contribution is -0.137. The number of thiophene rings is 1. The van der Waals surface area contributed by atoms with Crippen LogP contribution in [0.5, 0.6) is 0 Å². The molecule has 0 bridgehead atoms. The smallest absolute Gasteiger partial charge is 0.348 e. The predicted molar refractivity (Wildman–Crippen MR) is 95.3 cm³/mol. The van der Waals surface area contributed by atoms with E-state index in [9.17, 15) is 9.59 Å². The highest BCUT2D eigenvalue weighted by atomic mass is 35.5. The molecule has 7 nitrogen and oxygen atoms in total. The lowest BCUT2D eigenvalue weighted by Crippen LogP contribution is -2.05. The summed E-state index contributed by atoms with van der Waals surface area (Å²) in [5, 5.41) is 12.7. The molecule has 0 amide bonds. The van der Waals surface area contributed by atoms with Gasteiger partial charge in [0.15, 0.2) is 0 Å². The van der Waals surface area contributed by atoms with Crippen LogP contribution in [-0.2, 0) is 9.53 Å². The van der Waals surface area contributed by atoms with E-state index in [4.69, 9.17) is 9.84 Å². The third-order valence-electron chi connectivity index (χ3n) is 3.46. The number of unbranched alkanes of at least 4 members (excludes halogenated alkanes) is 2. The molecule has 2 aromatic rings. The quantitative estimate of drug-likeness (QED) is 0.540. The van der Waals surface area contributed by atoms with Crippen molar-refractivity contribution in [3.05, 3.63) is 16.8 Å². The van der Waals surface area contributed by atoms with Gasteiger partial charge in [-0.05, 0) is 25.3 Å². The molecule has 0 aliphatic heterocycles. The van der Waals surface area contributed by atoms with Crippen LogP contribution in [0.2, 0.25) is 0 Å². The zero-order chi connectivity index (χ0) is 16.8. The van der Waals surface area contributed by atoms with Crippen molar-refractivity contribution in [3.8, 4) is 0 Å². The number of rotatable bonds is 8. The van der Waals surface area contributed by atoms with Crippen molar-refractivity contribution in [3.63, 3.8) is 0 Å². The van der Waals surface area contributed by atoms with E-state index in [-0.39, 0.29) is 24.8 Å². The van der Waals surface area contributed by atoms with Crippen LogP contribution in [0.25, 0.3) is 10.2 Å². The first-order valence-electron chi connectivity index (χ1n) is 7.32. The largest absolute Gasteiger partial charge is 0.481 e. The summed E-state index contributed by atoms with van der Waals surface area (Å²) in [5.41, 5.74) is 0.811. The molecular formula is C15H20ClN3O4S. The van der Waals surface area contributed by atoms with Crippen molar-refractivity contribution >= 4 is 51.7 Å². The third-order valence-corrected chi connectivity index (χ3v) is 4.64. The molecule has 0 saturated heterocycles. The van der Waals surface area contributed by atoms with E-state index < -0.39 is 5.97 Å². The fourth-order valence-electron chi connectivity index (χ4n) is 2.28. The van der Waals surface area contributed by atoms with Gasteiger partial charge in [-0.25, -0.2) is 14.8 Å². The number of hydrogen-bond donors (Lipinski definition) is 2. The van der Waals surface area contributed by atoms with Gasteiger partial charge in [0.05, 0.1) is 12.5 Å². The van der Waals surface area contributed by atoms with Gasteiger partial charge in [0, 0.05) is 13.0 Å². The summed E-state index contributed by atoms with van der Waals surface area (Å²) in [6.45, 7) is 2.54. The van der Waals surface area contributed by atoms with E-state index >= 15 is 0 Å². The molecule has 2 N–H and O–H groups in total. The first-order chi connectivity index (χ1) is 11.0. The molecule has 0 saturated carbocycles. The third kappa shape index (κ3) is 4.78. The number of halogens is 1. The number of carbonyl (C=O) groups excluding carboxylic acids is 1. The summed E-state index contributed by atoms with van der Waals surface area (Å²) in [4.78, 5) is 32.0. The van der Waals surface area contributed by atoms with Crippen molar-refractivity contribution in [1.82, 2.24) is 9.97 Å². The SMILES string of the molecule is COC(=O)c1sc2ncnc(NCCCCCC(=O)O)c2c1C.Cl. The molecule has 0 fully saturated rings. The predicted octanol–water partition coefficient (Wildman–Crippen LogP) is 3.27. The van der Waals surface area contributed by atoms with E-state index in [1.165, 1.54) is 24.8 Å². The number of ether oxygens (including phenoxy) is 1. The Balaban J connectivity index is 0.00000288. The number of carboxylic acid groups (broad SMARTS) is 1. The average molecular weight is 374 g/mol. The number of aliphatic carboxylic acids is 1. The zero-order valence-electron chi connectivity index (χ0n) is 13.5. The summed E-state index contributed by atoms with van der Waals surface area (Å²) in [6.07, 6.45) is 4.02. The Hall–Kier alpha value is -1.93. The van der Waals surface area contributed by atoms with Crippen LogP contribution in [-0.4, -0.2) is 40.7 Å². The number of fused-ring (bicyclic) bond motifs is 1. The molecule has 0 aliphatic rings. The summed E-state index contributed by atoms with van der Waals surface area (Å²) in [5.74, 6) is -0.443. The molecule has 0 unspecified atom stereocenters. The Bertz CT molecular complexity index is 720. The van der Waals surface area contributed by atoms with Crippen LogP contribution in [0, 0.1) is 6.92 Å². The zero-order valence-corrected chi connectivity index (χ0v) is 15.1. The maximum absolute atomic E-state index is 11.8. The molecule has 132 valence electrons. The Morgan fingerprint density at radius 2 is 2.04 bits per heavy atom. The van der Waals surface area contributed by atoms with E-state index in [1.54, 1.807) is 0 Å². The van der Waals surface area contributed by atoms with E-state index in [1.807, 2.05) is 6.92 Å². The van der Waals surface area contributed by atoms with Gasteiger partial charge < -0.3 is 15.2 Å². The Labute approximate surface area is 149 Å². The van der Waals surface area contributed by atoms with Crippen LogP contribution < -0.4 is 5.32 Å².